The predicted molar refractivity (Wildman–Crippen MR) is 79.4 cm³/mol. The molecule has 2 aromatic heterocycles. The Kier molecular flexibility index (Phi) is 3.76. The lowest BCUT2D eigenvalue weighted by atomic mass is 10.0. The number of rotatable bonds is 4. The van der Waals surface area contributed by atoms with Crippen LogP contribution in [-0.2, 0) is 7.05 Å². The minimum Gasteiger partial charge on any atom is -0.386 e. The van der Waals surface area contributed by atoms with Crippen molar-refractivity contribution in [2.75, 3.05) is 24.5 Å². The second kappa shape index (κ2) is 5.72. The monoisotopic (exact) mass is 302 g/mol. The zero-order valence-electron chi connectivity index (χ0n) is 12.3. The van der Waals surface area contributed by atoms with E-state index in [2.05, 4.69) is 20.3 Å². The Morgan fingerprint density at radius 1 is 1.41 bits per heavy atom. The summed E-state index contributed by atoms with van der Waals surface area (Å²) in [6, 6.07) is 1.75. The van der Waals surface area contributed by atoms with Crippen molar-refractivity contribution in [3.63, 3.8) is 0 Å². The molecule has 0 spiro atoms. The molecule has 0 unspecified atom stereocenters. The number of nitrogens with zero attached hydrogens (tertiary/aromatic N) is 5. The molecule has 0 bridgehead atoms. The number of hydrogen-bond acceptors (Lipinski definition) is 6. The Morgan fingerprint density at radius 3 is 2.86 bits per heavy atom. The van der Waals surface area contributed by atoms with E-state index >= 15 is 0 Å². The van der Waals surface area contributed by atoms with Gasteiger partial charge in [-0.2, -0.15) is 0 Å². The summed E-state index contributed by atoms with van der Waals surface area (Å²) in [6.45, 7) is 1.21. The largest absolute Gasteiger partial charge is 0.386 e. The van der Waals surface area contributed by atoms with Gasteiger partial charge in [-0.1, -0.05) is 0 Å². The van der Waals surface area contributed by atoms with Gasteiger partial charge in [-0.05, 0) is 12.5 Å². The number of aryl methyl sites for hydroxylation is 1. The number of hydrogen-bond donors (Lipinski definition) is 2. The van der Waals surface area contributed by atoms with Crippen molar-refractivity contribution in [2.24, 2.45) is 7.05 Å². The minimum atomic E-state index is -0.982. The Bertz CT molecular complexity index is 658. The lowest BCUT2D eigenvalue weighted by Gasteiger charge is -2.23. The molecule has 1 fully saturated rings. The summed E-state index contributed by atoms with van der Waals surface area (Å²) in [5, 5.41) is 13.3. The first-order valence-electron chi connectivity index (χ1n) is 7.06. The molecular formula is C14H18N6O2. The fourth-order valence-corrected chi connectivity index (χ4v) is 2.49. The van der Waals surface area contributed by atoms with E-state index in [1.165, 1.54) is 0 Å². The molecule has 1 atom stereocenters. The summed E-state index contributed by atoms with van der Waals surface area (Å²) in [5.74, 6) is 0.304. The fourth-order valence-electron chi connectivity index (χ4n) is 2.49. The molecule has 1 aliphatic rings. The molecule has 1 aliphatic heterocycles. The molecule has 116 valence electrons. The highest BCUT2D eigenvalue weighted by Gasteiger charge is 2.37. The van der Waals surface area contributed by atoms with Crippen LogP contribution >= 0.6 is 0 Å². The summed E-state index contributed by atoms with van der Waals surface area (Å²) in [7, 11) is 1.80. The van der Waals surface area contributed by atoms with Crippen LogP contribution in [0.2, 0.25) is 0 Å². The minimum absolute atomic E-state index is 0.172. The normalized spacial score (nSPS) is 21.1. The van der Waals surface area contributed by atoms with Crippen LogP contribution in [0.1, 0.15) is 16.9 Å². The van der Waals surface area contributed by atoms with Crippen molar-refractivity contribution in [1.29, 1.82) is 0 Å². The summed E-state index contributed by atoms with van der Waals surface area (Å²) >= 11 is 0. The molecule has 8 nitrogen and oxygen atoms in total. The molecule has 2 aromatic rings. The van der Waals surface area contributed by atoms with Crippen molar-refractivity contribution in [3.8, 4) is 0 Å². The van der Waals surface area contributed by atoms with Gasteiger partial charge in [0.1, 0.15) is 11.3 Å². The first-order valence-corrected chi connectivity index (χ1v) is 7.06. The van der Waals surface area contributed by atoms with Gasteiger partial charge in [0.05, 0.1) is 12.9 Å². The highest BCUT2D eigenvalue weighted by atomic mass is 16.3. The van der Waals surface area contributed by atoms with Gasteiger partial charge in [0.2, 0.25) is 5.95 Å². The van der Waals surface area contributed by atoms with Crippen LogP contribution in [0.15, 0.2) is 31.0 Å². The number of amides is 1. The number of aromatic nitrogens is 4. The smallest absolute Gasteiger partial charge is 0.271 e. The number of β-amino-alcohol motifs (C(OH)–C–C–N with tert-alkyl or cyclic N) is 1. The molecule has 3 rings (SSSR count). The zero-order valence-corrected chi connectivity index (χ0v) is 12.3. The highest BCUT2D eigenvalue weighted by Crippen LogP contribution is 2.23. The van der Waals surface area contributed by atoms with Crippen LogP contribution in [0, 0.1) is 0 Å². The van der Waals surface area contributed by atoms with E-state index in [1.807, 2.05) is 4.90 Å². The van der Waals surface area contributed by atoms with E-state index in [9.17, 15) is 9.90 Å². The molecule has 1 amide bonds. The first-order chi connectivity index (χ1) is 10.6. The van der Waals surface area contributed by atoms with E-state index in [0.717, 1.165) is 0 Å². The summed E-state index contributed by atoms with van der Waals surface area (Å²) in [5.41, 5.74) is -0.642. The predicted octanol–water partition coefficient (Wildman–Crippen LogP) is -0.419. The van der Waals surface area contributed by atoms with E-state index in [0.29, 0.717) is 31.2 Å². The maximum Gasteiger partial charge on any atom is 0.271 e. The number of carbonyl (C=O) groups excluding carboxylic acids is 1. The van der Waals surface area contributed by atoms with Crippen LogP contribution < -0.4 is 10.2 Å². The zero-order chi connectivity index (χ0) is 15.6. The number of carbonyl (C=O) groups is 1. The highest BCUT2D eigenvalue weighted by molar-refractivity contribution is 5.92. The Morgan fingerprint density at radius 2 is 2.18 bits per heavy atom. The first kappa shape index (κ1) is 14.5. The summed E-state index contributed by atoms with van der Waals surface area (Å²) in [4.78, 5) is 26.2. The Balaban J connectivity index is 1.58. The third-order valence-corrected chi connectivity index (χ3v) is 3.68. The standard InChI is InChI=1S/C14H18N6O2/c1-19-7-11(18-10-19)12(21)17-8-14(22)3-6-20(9-14)13-15-4-2-5-16-13/h2,4-5,7,10,22H,3,6,8-9H2,1H3,(H,17,21)/t14-/m0/s1. The lowest BCUT2D eigenvalue weighted by Crippen LogP contribution is -2.45. The van der Waals surface area contributed by atoms with E-state index < -0.39 is 5.60 Å². The van der Waals surface area contributed by atoms with Gasteiger partial charge in [-0.25, -0.2) is 15.0 Å². The molecule has 0 aromatic carbocycles. The second-order valence-corrected chi connectivity index (χ2v) is 5.55. The SMILES string of the molecule is Cn1cnc(C(=O)NC[C@@]2(O)CCN(c3ncccn3)C2)c1. The van der Waals surface area contributed by atoms with Crippen LogP contribution in [0.25, 0.3) is 0 Å². The lowest BCUT2D eigenvalue weighted by molar-refractivity contribution is 0.0574. The second-order valence-electron chi connectivity index (χ2n) is 5.55. The van der Waals surface area contributed by atoms with Crippen LogP contribution in [0.3, 0.4) is 0 Å². The van der Waals surface area contributed by atoms with Crippen molar-refractivity contribution in [2.45, 2.75) is 12.0 Å². The molecule has 22 heavy (non-hydrogen) atoms. The quantitative estimate of drug-likeness (QED) is 0.796. The fraction of sp³-hybridized carbons (Fsp3) is 0.429. The number of imidazole rings is 1. The number of aliphatic hydroxyl groups is 1. The van der Waals surface area contributed by atoms with Crippen LogP contribution in [-0.4, -0.2) is 55.8 Å². The molecule has 3 heterocycles. The van der Waals surface area contributed by atoms with Crippen molar-refractivity contribution in [1.82, 2.24) is 24.8 Å². The average molecular weight is 302 g/mol. The van der Waals surface area contributed by atoms with Crippen LogP contribution in [0.5, 0.6) is 0 Å². The summed E-state index contributed by atoms with van der Waals surface area (Å²) < 4.78 is 1.70. The third kappa shape index (κ3) is 3.06. The van der Waals surface area contributed by atoms with E-state index in [-0.39, 0.29) is 12.5 Å². The third-order valence-electron chi connectivity index (χ3n) is 3.68. The molecule has 0 radical (unpaired) electrons. The Labute approximate surface area is 127 Å². The maximum absolute atomic E-state index is 12.0. The number of nitrogens with one attached hydrogen (secondary N) is 1. The average Bonchev–Trinajstić information content (AvgIpc) is 3.13. The molecule has 0 aliphatic carbocycles. The van der Waals surface area contributed by atoms with E-state index in [1.54, 1.807) is 42.6 Å². The molecular weight excluding hydrogens is 284 g/mol. The molecule has 1 saturated heterocycles. The van der Waals surface area contributed by atoms with E-state index in [4.69, 9.17) is 0 Å². The van der Waals surface area contributed by atoms with Gasteiger partial charge in [0.25, 0.3) is 5.91 Å². The van der Waals surface area contributed by atoms with Gasteiger partial charge in [-0.3, -0.25) is 4.79 Å². The van der Waals surface area contributed by atoms with Crippen molar-refractivity contribution >= 4 is 11.9 Å². The van der Waals surface area contributed by atoms with Crippen LogP contribution in [0.4, 0.5) is 5.95 Å². The maximum atomic E-state index is 12.0. The van der Waals surface area contributed by atoms with Gasteiger partial charge in [0.15, 0.2) is 0 Å². The topological polar surface area (TPSA) is 96.2 Å². The summed E-state index contributed by atoms with van der Waals surface area (Å²) in [6.07, 6.45) is 7.09. The number of anilines is 1. The van der Waals surface area contributed by atoms with Gasteiger partial charge in [0, 0.05) is 38.7 Å². The van der Waals surface area contributed by atoms with Crippen molar-refractivity contribution < 1.29 is 9.90 Å². The molecule has 2 N–H and O–H groups in total. The van der Waals surface area contributed by atoms with Gasteiger partial charge in [-0.15, -0.1) is 0 Å². The Hall–Kier alpha value is -2.48. The molecule has 8 heteroatoms. The van der Waals surface area contributed by atoms with Gasteiger partial charge < -0.3 is 19.9 Å². The van der Waals surface area contributed by atoms with Gasteiger partial charge >= 0.3 is 0 Å². The molecule has 0 saturated carbocycles. The van der Waals surface area contributed by atoms with Crippen molar-refractivity contribution in [3.05, 3.63) is 36.7 Å².